The van der Waals surface area contributed by atoms with Gasteiger partial charge in [0, 0.05) is 5.56 Å². The first-order chi connectivity index (χ1) is 7.22. The van der Waals surface area contributed by atoms with E-state index in [2.05, 4.69) is 4.74 Å². The second-order valence-corrected chi connectivity index (χ2v) is 3.26. The van der Waals surface area contributed by atoms with Gasteiger partial charge in [-0.05, 0) is 6.07 Å². The van der Waals surface area contributed by atoms with Crippen molar-refractivity contribution in [1.82, 2.24) is 0 Å². The van der Waals surface area contributed by atoms with Crippen molar-refractivity contribution in [2.24, 2.45) is 0 Å². The zero-order chi connectivity index (χ0) is 10.8. The van der Waals surface area contributed by atoms with E-state index in [-0.39, 0.29) is 18.4 Å². The van der Waals surface area contributed by atoms with E-state index in [4.69, 9.17) is 4.74 Å². The molecule has 0 radical (unpaired) electrons. The van der Waals surface area contributed by atoms with Crippen molar-refractivity contribution in [2.75, 3.05) is 7.11 Å². The van der Waals surface area contributed by atoms with Crippen LogP contribution in [0.4, 0.5) is 0 Å². The summed E-state index contributed by atoms with van der Waals surface area (Å²) < 4.78 is 9.60. The SMILES string of the molecule is COC(=O)C[C@H]1OC(=O)c2ccccc21. The van der Waals surface area contributed by atoms with Gasteiger partial charge in [0.1, 0.15) is 6.10 Å². The Kier molecular flexibility index (Phi) is 2.41. The first kappa shape index (κ1) is 9.71. The summed E-state index contributed by atoms with van der Waals surface area (Å²) in [7, 11) is 1.31. The minimum absolute atomic E-state index is 0.0687. The number of benzene rings is 1. The van der Waals surface area contributed by atoms with Gasteiger partial charge in [0.05, 0.1) is 19.1 Å². The quantitative estimate of drug-likeness (QED) is 0.687. The first-order valence-electron chi connectivity index (χ1n) is 4.59. The van der Waals surface area contributed by atoms with Crippen molar-refractivity contribution in [3.05, 3.63) is 35.4 Å². The molecular formula is C11H10O4. The van der Waals surface area contributed by atoms with Gasteiger partial charge in [-0.3, -0.25) is 4.79 Å². The zero-order valence-electron chi connectivity index (χ0n) is 8.23. The second-order valence-electron chi connectivity index (χ2n) is 3.26. The van der Waals surface area contributed by atoms with E-state index in [9.17, 15) is 9.59 Å². The molecule has 1 aliphatic heterocycles. The van der Waals surface area contributed by atoms with Crippen molar-refractivity contribution < 1.29 is 19.1 Å². The molecule has 15 heavy (non-hydrogen) atoms. The maximum atomic E-state index is 11.4. The van der Waals surface area contributed by atoms with E-state index in [1.807, 2.05) is 6.07 Å². The van der Waals surface area contributed by atoms with E-state index >= 15 is 0 Å². The summed E-state index contributed by atoms with van der Waals surface area (Å²) in [6.07, 6.45) is -0.430. The minimum Gasteiger partial charge on any atom is -0.469 e. The van der Waals surface area contributed by atoms with Crippen molar-refractivity contribution >= 4 is 11.9 Å². The van der Waals surface area contributed by atoms with Gasteiger partial charge in [-0.1, -0.05) is 18.2 Å². The lowest BCUT2D eigenvalue weighted by Gasteiger charge is -2.08. The molecule has 1 atom stereocenters. The molecule has 0 aliphatic carbocycles. The third-order valence-corrected chi connectivity index (χ3v) is 2.36. The lowest BCUT2D eigenvalue weighted by molar-refractivity contribution is -0.142. The van der Waals surface area contributed by atoms with Gasteiger partial charge in [-0.2, -0.15) is 0 Å². The summed E-state index contributed by atoms with van der Waals surface area (Å²) in [5, 5.41) is 0. The highest BCUT2D eigenvalue weighted by molar-refractivity contribution is 5.94. The molecule has 0 N–H and O–H groups in total. The smallest absolute Gasteiger partial charge is 0.339 e. The molecule has 0 saturated heterocycles. The molecule has 0 fully saturated rings. The summed E-state index contributed by atoms with van der Waals surface area (Å²) in [5.74, 6) is -0.760. The fourth-order valence-corrected chi connectivity index (χ4v) is 1.61. The molecule has 1 aromatic carbocycles. The third kappa shape index (κ3) is 1.70. The Balaban J connectivity index is 2.25. The maximum absolute atomic E-state index is 11.4. The van der Waals surface area contributed by atoms with Gasteiger partial charge in [0.15, 0.2) is 0 Å². The first-order valence-corrected chi connectivity index (χ1v) is 4.59. The predicted molar refractivity (Wildman–Crippen MR) is 51.2 cm³/mol. The topological polar surface area (TPSA) is 52.6 Å². The van der Waals surface area contributed by atoms with E-state index in [0.717, 1.165) is 5.56 Å². The summed E-state index contributed by atoms with van der Waals surface area (Å²) in [4.78, 5) is 22.4. The average Bonchev–Trinajstić information content (AvgIpc) is 2.57. The molecule has 1 aromatic rings. The Morgan fingerprint density at radius 1 is 1.47 bits per heavy atom. The summed E-state index contributed by atoms with van der Waals surface area (Å²) >= 11 is 0. The Morgan fingerprint density at radius 3 is 2.93 bits per heavy atom. The van der Waals surface area contributed by atoms with E-state index in [1.165, 1.54) is 7.11 Å². The standard InChI is InChI=1S/C11H10O4/c1-14-10(12)6-9-7-4-2-3-5-8(7)11(13)15-9/h2-5,9H,6H2,1H3/t9-/m1/s1. The number of fused-ring (bicyclic) bond motifs is 1. The average molecular weight is 206 g/mol. The fraction of sp³-hybridized carbons (Fsp3) is 0.273. The van der Waals surface area contributed by atoms with Crippen LogP contribution in [0.25, 0.3) is 0 Å². The van der Waals surface area contributed by atoms with Crippen LogP contribution in [0.5, 0.6) is 0 Å². The molecule has 0 aromatic heterocycles. The van der Waals surface area contributed by atoms with Crippen LogP contribution < -0.4 is 0 Å². The van der Waals surface area contributed by atoms with Crippen LogP contribution in [0, 0.1) is 0 Å². The Bertz CT molecular complexity index is 411. The predicted octanol–water partition coefficient (Wildman–Crippen LogP) is 1.46. The zero-order valence-corrected chi connectivity index (χ0v) is 8.23. The van der Waals surface area contributed by atoms with Crippen LogP contribution in [0.3, 0.4) is 0 Å². The summed E-state index contributed by atoms with van der Waals surface area (Å²) in [5.41, 5.74) is 1.29. The largest absolute Gasteiger partial charge is 0.469 e. The number of carbonyl (C=O) groups excluding carboxylic acids is 2. The lowest BCUT2D eigenvalue weighted by Crippen LogP contribution is -2.08. The van der Waals surface area contributed by atoms with Crippen molar-refractivity contribution in [1.29, 1.82) is 0 Å². The number of rotatable bonds is 2. The number of ether oxygens (including phenoxy) is 2. The van der Waals surface area contributed by atoms with E-state index in [1.54, 1.807) is 18.2 Å². The van der Waals surface area contributed by atoms with Gasteiger partial charge >= 0.3 is 11.9 Å². The fourth-order valence-electron chi connectivity index (χ4n) is 1.61. The van der Waals surface area contributed by atoms with Gasteiger partial charge < -0.3 is 9.47 Å². The van der Waals surface area contributed by atoms with Gasteiger partial charge in [0.25, 0.3) is 0 Å². The van der Waals surface area contributed by atoms with Gasteiger partial charge in [-0.25, -0.2) is 4.79 Å². The Hall–Kier alpha value is -1.84. The lowest BCUT2D eigenvalue weighted by atomic mass is 10.0. The van der Waals surface area contributed by atoms with Crippen LogP contribution in [-0.4, -0.2) is 19.0 Å². The molecule has 2 rings (SSSR count). The second kappa shape index (κ2) is 3.73. The molecule has 0 bridgehead atoms. The molecule has 1 heterocycles. The highest BCUT2D eigenvalue weighted by Crippen LogP contribution is 2.32. The highest BCUT2D eigenvalue weighted by atomic mass is 16.6. The van der Waals surface area contributed by atoms with Crippen LogP contribution in [-0.2, 0) is 14.3 Å². The minimum atomic E-state index is -0.499. The molecule has 0 saturated carbocycles. The van der Waals surface area contributed by atoms with Crippen LogP contribution >= 0.6 is 0 Å². The molecule has 0 unspecified atom stereocenters. The van der Waals surface area contributed by atoms with Crippen LogP contribution in [0.1, 0.15) is 28.4 Å². The number of esters is 2. The normalized spacial score (nSPS) is 18.2. The molecule has 78 valence electrons. The molecular weight excluding hydrogens is 196 g/mol. The Morgan fingerprint density at radius 2 is 2.20 bits per heavy atom. The van der Waals surface area contributed by atoms with Crippen LogP contribution in [0.15, 0.2) is 24.3 Å². The number of methoxy groups -OCH3 is 1. The number of hydrogen-bond acceptors (Lipinski definition) is 4. The van der Waals surface area contributed by atoms with Gasteiger partial charge in [0.2, 0.25) is 0 Å². The van der Waals surface area contributed by atoms with Crippen LogP contribution in [0.2, 0.25) is 0 Å². The van der Waals surface area contributed by atoms with Crippen molar-refractivity contribution in [2.45, 2.75) is 12.5 Å². The molecule has 4 heteroatoms. The van der Waals surface area contributed by atoms with Gasteiger partial charge in [-0.15, -0.1) is 0 Å². The Labute approximate surface area is 86.8 Å². The van der Waals surface area contributed by atoms with Crippen molar-refractivity contribution in [3.63, 3.8) is 0 Å². The van der Waals surface area contributed by atoms with E-state index < -0.39 is 6.10 Å². The highest BCUT2D eigenvalue weighted by Gasteiger charge is 2.32. The summed E-state index contributed by atoms with van der Waals surface area (Å²) in [6, 6.07) is 7.05. The third-order valence-electron chi connectivity index (χ3n) is 2.36. The van der Waals surface area contributed by atoms with Crippen molar-refractivity contribution in [3.8, 4) is 0 Å². The maximum Gasteiger partial charge on any atom is 0.339 e. The molecule has 4 nitrogen and oxygen atoms in total. The molecule has 1 aliphatic rings. The summed E-state index contributed by atoms with van der Waals surface area (Å²) in [6.45, 7) is 0. The number of hydrogen-bond donors (Lipinski definition) is 0. The monoisotopic (exact) mass is 206 g/mol. The molecule has 0 spiro atoms. The molecule has 0 amide bonds. The number of cyclic esters (lactones) is 1. The van der Waals surface area contributed by atoms with E-state index in [0.29, 0.717) is 5.56 Å². The number of carbonyl (C=O) groups is 2.